The van der Waals surface area contributed by atoms with Gasteiger partial charge in [-0.2, -0.15) is 0 Å². The van der Waals surface area contributed by atoms with Gasteiger partial charge >= 0.3 is 0 Å². The Hall–Kier alpha value is -3.26. The zero-order valence-corrected chi connectivity index (χ0v) is 16.2. The Balaban J connectivity index is 1.57. The first kappa shape index (κ1) is 17.8. The summed E-state index contributed by atoms with van der Waals surface area (Å²) in [4.78, 5) is 25.9. The summed E-state index contributed by atoms with van der Waals surface area (Å²) in [6, 6.07) is 8.22. The SMILES string of the molecule is Cc1nc2c(F)cc(-c3cc(=O)n4cc(N5CCN(C)CC5)ccc4n3)cc2o1. The number of fused-ring (bicyclic) bond motifs is 2. The third kappa shape index (κ3) is 3.15. The third-order valence-corrected chi connectivity index (χ3v) is 5.36. The molecule has 0 unspecified atom stereocenters. The van der Waals surface area contributed by atoms with Gasteiger partial charge in [0.2, 0.25) is 0 Å². The molecule has 0 bridgehead atoms. The summed E-state index contributed by atoms with van der Waals surface area (Å²) >= 11 is 0. The minimum atomic E-state index is -0.498. The highest BCUT2D eigenvalue weighted by Crippen LogP contribution is 2.26. The molecule has 0 N–H and O–H groups in total. The first-order chi connectivity index (χ1) is 14.0. The third-order valence-electron chi connectivity index (χ3n) is 5.36. The fourth-order valence-electron chi connectivity index (χ4n) is 3.74. The lowest BCUT2D eigenvalue weighted by atomic mass is 10.1. The fourth-order valence-corrected chi connectivity index (χ4v) is 3.74. The highest BCUT2D eigenvalue weighted by atomic mass is 19.1. The van der Waals surface area contributed by atoms with E-state index in [4.69, 9.17) is 4.42 Å². The Morgan fingerprint density at radius 1 is 1.07 bits per heavy atom. The van der Waals surface area contributed by atoms with E-state index in [0.717, 1.165) is 31.9 Å². The quantitative estimate of drug-likeness (QED) is 0.522. The molecule has 148 valence electrons. The van der Waals surface area contributed by atoms with Gasteiger partial charge in [-0.3, -0.25) is 9.20 Å². The zero-order valence-electron chi connectivity index (χ0n) is 16.2. The lowest BCUT2D eigenvalue weighted by Gasteiger charge is -2.34. The zero-order chi connectivity index (χ0) is 20.1. The summed E-state index contributed by atoms with van der Waals surface area (Å²) in [5.41, 5.74) is 2.69. The molecule has 4 heterocycles. The number of oxazole rings is 1. The molecular weight excluding hydrogens is 373 g/mol. The number of benzene rings is 1. The molecule has 1 aliphatic rings. The van der Waals surface area contributed by atoms with Gasteiger partial charge < -0.3 is 14.2 Å². The van der Waals surface area contributed by atoms with Crippen molar-refractivity contribution in [3.05, 3.63) is 58.6 Å². The molecule has 5 rings (SSSR count). The number of hydrogen-bond donors (Lipinski definition) is 0. The van der Waals surface area contributed by atoms with Crippen LogP contribution in [0.25, 0.3) is 28.0 Å². The topological polar surface area (TPSA) is 66.9 Å². The van der Waals surface area contributed by atoms with E-state index in [2.05, 4.69) is 26.8 Å². The number of pyridine rings is 1. The van der Waals surface area contributed by atoms with Gasteiger partial charge in [-0.1, -0.05) is 0 Å². The van der Waals surface area contributed by atoms with E-state index in [-0.39, 0.29) is 11.1 Å². The molecule has 8 heteroatoms. The minimum Gasteiger partial charge on any atom is -0.441 e. The Labute approximate surface area is 166 Å². The van der Waals surface area contributed by atoms with Gasteiger partial charge in [0.15, 0.2) is 17.3 Å². The van der Waals surface area contributed by atoms with Crippen LogP contribution in [0, 0.1) is 12.7 Å². The molecule has 7 nitrogen and oxygen atoms in total. The van der Waals surface area contributed by atoms with Crippen LogP contribution in [0.1, 0.15) is 5.89 Å². The normalized spacial score (nSPS) is 15.5. The highest BCUT2D eigenvalue weighted by molar-refractivity contribution is 5.80. The van der Waals surface area contributed by atoms with E-state index < -0.39 is 5.82 Å². The van der Waals surface area contributed by atoms with Crippen LogP contribution in [0.5, 0.6) is 0 Å². The van der Waals surface area contributed by atoms with Crippen LogP contribution in [0.15, 0.2) is 45.7 Å². The molecule has 1 saturated heterocycles. The van der Waals surface area contributed by atoms with Gasteiger partial charge in [-0.05, 0) is 31.3 Å². The molecule has 1 aromatic carbocycles. The summed E-state index contributed by atoms with van der Waals surface area (Å²) in [5, 5.41) is 0. The average molecular weight is 393 g/mol. The summed E-state index contributed by atoms with van der Waals surface area (Å²) < 4.78 is 21.4. The number of aromatic nitrogens is 3. The number of rotatable bonds is 2. The smallest absolute Gasteiger partial charge is 0.258 e. The van der Waals surface area contributed by atoms with E-state index in [9.17, 15) is 9.18 Å². The number of nitrogens with zero attached hydrogens (tertiary/aromatic N) is 5. The summed E-state index contributed by atoms with van der Waals surface area (Å²) in [6.45, 7) is 5.46. The van der Waals surface area contributed by atoms with Crippen LogP contribution in [0.4, 0.5) is 10.1 Å². The Bertz CT molecular complexity index is 1290. The molecule has 0 aliphatic carbocycles. The Morgan fingerprint density at radius 3 is 2.66 bits per heavy atom. The maximum absolute atomic E-state index is 14.4. The molecule has 0 atom stereocenters. The van der Waals surface area contributed by atoms with Gasteiger partial charge in [0.05, 0.1) is 11.4 Å². The van der Waals surface area contributed by atoms with Crippen molar-refractivity contribution in [3.63, 3.8) is 0 Å². The predicted molar refractivity (Wildman–Crippen MR) is 109 cm³/mol. The van der Waals surface area contributed by atoms with Crippen LogP contribution in [0.2, 0.25) is 0 Å². The maximum Gasteiger partial charge on any atom is 0.258 e. The number of halogens is 1. The highest BCUT2D eigenvalue weighted by Gasteiger charge is 2.16. The van der Waals surface area contributed by atoms with E-state index in [0.29, 0.717) is 28.4 Å². The van der Waals surface area contributed by atoms with Crippen LogP contribution >= 0.6 is 0 Å². The van der Waals surface area contributed by atoms with Crippen molar-refractivity contribution in [2.24, 2.45) is 0 Å². The van der Waals surface area contributed by atoms with Crippen molar-refractivity contribution in [2.75, 3.05) is 38.1 Å². The van der Waals surface area contributed by atoms with Gasteiger partial charge in [-0.25, -0.2) is 14.4 Å². The molecule has 3 aromatic heterocycles. The molecule has 0 spiro atoms. The van der Waals surface area contributed by atoms with Gasteiger partial charge in [-0.15, -0.1) is 0 Å². The number of aryl methyl sites for hydroxylation is 1. The van der Waals surface area contributed by atoms with Crippen molar-refractivity contribution >= 4 is 22.4 Å². The Kier molecular flexibility index (Phi) is 4.09. The molecule has 0 amide bonds. The van der Waals surface area contributed by atoms with Crippen molar-refractivity contribution in [2.45, 2.75) is 6.92 Å². The summed E-state index contributed by atoms with van der Waals surface area (Å²) in [6.07, 6.45) is 1.82. The fraction of sp³-hybridized carbons (Fsp3) is 0.286. The van der Waals surface area contributed by atoms with E-state index in [1.165, 1.54) is 16.5 Å². The van der Waals surface area contributed by atoms with Crippen molar-refractivity contribution in [3.8, 4) is 11.3 Å². The second-order valence-corrected chi connectivity index (χ2v) is 7.42. The maximum atomic E-state index is 14.4. The van der Waals surface area contributed by atoms with E-state index >= 15 is 0 Å². The number of hydrogen-bond acceptors (Lipinski definition) is 6. The van der Waals surface area contributed by atoms with Crippen LogP contribution in [-0.2, 0) is 0 Å². The van der Waals surface area contributed by atoms with Crippen molar-refractivity contribution in [1.82, 2.24) is 19.3 Å². The molecule has 0 saturated carbocycles. The number of likely N-dealkylation sites (N-methyl/N-ethyl adjacent to an activating group) is 1. The van der Waals surface area contributed by atoms with Crippen LogP contribution in [-0.4, -0.2) is 52.5 Å². The summed E-state index contributed by atoms with van der Waals surface area (Å²) in [7, 11) is 2.11. The lowest BCUT2D eigenvalue weighted by Crippen LogP contribution is -2.44. The Morgan fingerprint density at radius 2 is 1.86 bits per heavy atom. The standard InChI is InChI=1S/C21H20FN5O2/c1-13-23-21-16(22)9-14(10-18(21)29-13)17-11-20(28)27-12-15(3-4-19(27)24-17)26-7-5-25(2)6-8-26/h3-4,9-12H,5-8H2,1-2H3. The number of piperazine rings is 1. The first-order valence-corrected chi connectivity index (χ1v) is 9.52. The average Bonchev–Trinajstić information content (AvgIpc) is 3.09. The van der Waals surface area contributed by atoms with Crippen molar-refractivity contribution in [1.29, 1.82) is 0 Å². The molecule has 1 aliphatic heterocycles. The number of anilines is 1. The second-order valence-electron chi connectivity index (χ2n) is 7.42. The lowest BCUT2D eigenvalue weighted by molar-refractivity contribution is 0.313. The summed E-state index contributed by atoms with van der Waals surface area (Å²) in [5.74, 6) is -0.110. The van der Waals surface area contributed by atoms with Gasteiger partial charge in [0.1, 0.15) is 11.2 Å². The van der Waals surface area contributed by atoms with Crippen molar-refractivity contribution < 1.29 is 8.81 Å². The van der Waals surface area contributed by atoms with Crippen LogP contribution in [0.3, 0.4) is 0 Å². The predicted octanol–water partition coefficient (Wildman–Crippen LogP) is 2.70. The first-order valence-electron chi connectivity index (χ1n) is 9.52. The molecule has 4 aromatic rings. The second kappa shape index (κ2) is 6.66. The van der Waals surface area contributed by atoms with Gasteiger partial charge in [0, 0.05) is 50.9 Å². The van der Waals surface area contributed by atoms with E-state index in [1.807, 2.05) is 18.3 Å². The van der Waals surface area contributed by atoms with Crippen LogP contribution < -0.4 is 10.5 Å². The van der Waals surface area contributed by atoms with Gasteiger partial charge in [0.25, 0.3) is 5.56 Å². The largest absolute Gasteiger partial charge is 0.441 e. The molecular formula is C21H20FN5O2. The molecule has 29 heavy (non-hydrogen) atoms. The molecule has 0 radical (unpaired) electrons. The molecule has 1 fully saturated rings. The minimum absolute atomic E-state index is 0.181. The van der Waals surface area contributed by atoms with E-state index in [1.54, 1.807) is 13.0 Å². The monoisotopic (exact) mass is 393 g/mol.